The lowest BCUT2D eigenvalue weighted by Crippen LogP contribution is -2.50. The number of thioether (sulfide) groups is 1. The molecule has 0 amide bonds. The van der Waals surface area contributed by atoms with E-state index in [0.29, 0.717) is 19.6 Å². The summed E-state index contributed by atoms with van der Waals surface area (Å²) in [6, 6.07) is 16.1. The van der Waals surface area contributed by atoms with Crippen molar-refractivity contribution in [2.24, 2.45) is 5.73 Å². The molecular formula is C25H36N2O7S. The zero-order valence-corrected chi connectivity index (χ0v) is 20.8. The maximum atomic E-state index is 11.2. The molecule has 1 heterocycles. The third-order valence-corrected chi connectivity index (χ3v) is 6.43. The minimum atomic E-state index is -1.21. The summed E-state index contributed by atoms with van der Waals surface area (Å²) in [5.74, 6) is 0.954. The smallest absolute Gasteiger partial charge is 0.333 e. The Bertz CT molecular complexity index is 885. The second-order valence-electron chi connectivity index (χ2n) is 8.12. The lowest BCUT2D eigenvalue weighted by molar-refractivity contribution is -0.149. The Morgan fingerprint density at radius 3 is 2.34 bits per heavy atom. The van der Waals surface area contributed by atoms with Gasteiger partial charge in [-0.25, -0.2) is 4.79 Å². The Labute approximate surface area is 210 Å². The molecule has 0 spiro atoms. The number of para-hydroxylation sites is 1. The van der Waals surface area contributed by atoms with Crippen LogP contribution in [0, 0.1) is 0 Å². The normalized spacial score (nSPS) is 13.9. The van der Waals surface area contributed by atoms with Gasteiger partial charge in [-0.15, -0.1) is 11.8 Å². The third-order valence-electron chi connectivity index (χ3n) is 5.39. The number of anilines is 1. The van der Waals surface area contributed by atoms with Crippen LogP contribution < -0.4 is 15.4 Å². The standard InChI is InChI=1S/C21H25NO4S.C4H11NO3/c1-2-25-19(21(23)24)15-16-7-9-17(10-8-16)26-13-11-22-12-14-27-20-6-4-3-5-18(20)22;5-4(1-6,2-7)3-8/h3-10,19H,2,11-15H2,1H3,(H,23,24);6-8H,1-3,5H2. The molecule has 0 aromatic heterocycles. The zero-order chi connectivity index (χ0) is 25.7. The van der Waals surface area contributed by atoms with Crippen LogP contribution in [-0.2, 0) is 16.0 Å². The maximum Gasteiger partial charge on any atom is 0.333 e. The summed E-state index contributed by atoms with van der Waals surface area (Å²) >= 11 is 1.90. The summed E-state index contributed by atoms with van der Waals surface area (Å²) in [7, 11) is 0. The first-order chi connectivity index (χ1) is 16.9. The second-order valence-corrected chi connectivity index (χ2v) is 9.26. The molecule has 6 N–H and O–H groups in total. The number of fused-ring (bicyclic) bond motifs is 1. The molecular weight excluding hydrogens is 472 g/mol. The number of ether oxygens (including phenoxy) is 2. The molecule has 0 saturated heterocycles. The van der Waals surface area contributed by atoms with E-state index in [2.05, 4.69) is 29.2 Å². The van der Waals surface area contributed by atoms with Crippen molar-refractivity contribution in [2.75, 3.05) is 56.8 Å². The average Bonchev–Trinajstić information content (AvgIpc) is 2.89. The summed E-state index contributed by atoms with van der Waals surface area (Å²) in [5.41, 5.74) is 6.14. The minimum Gasteiger partial charge on any atom is -0.492 e. The largest absolute Gasteiger partial charge is 0.492 e. The van der Waals surface area contributed by atoms with Crippen molar-refractivity contribution in [2.45, 2.75) is 29.9 Å². The van der Waals surface area contributed by atoms with Gasteiger partial charge in [0, 0.05) is 30.2 Å². The first kappa shape index (κ1) is 28.9. The molecule has 0 radical (unpaired) electrons. The molecule has 9 nitrogen and oxygen atoms in total. The molecule has 10 heteroatoms. The van der Waals surface area contributed by atoms with Gasteiger partial charge in [0.15, 0.2) is 6.10 Å². The first-order valence-electron chi connectivity index (χ1n) is 11.5. The molecule has 3 rings (SSSR count). The van der Waals surface area contributed by atoms with Gasteiger partial charge in [-0.05, 0) is 36.8 Å². The van der Waals surface area contributed by atoms with Gasteiger partial charge in [-0.1, -0.05) is 24.3 Å². The summed E-state index contributed by atoms with van der Waals surface area (Å²) < 4.78 is 11.1. The quantitative estimate of drug-likeness (QED) is 0.285. The van der Waals surface area contributed by atoms with Crippen molar-refractivity contribution in [1.82, 2.24) is 0 Å². The molecule has 0 fully saturated rings. The number of aliphatic carboxylic acids is 1. The Balaban J connectivity index is 0.000000466. The molecule has 2 aromatic rings. The number of nitrogens with two attached hydrogens (primary N) is 1. The highest BCUT2D eigenvalue weighted by Gasteiger charge is 2.21. The average molecular weight is 509 g/mol. The highest BCUT2D eigenvalue weighted by atomic mass is 32.2. The molecule has 1 aliphatic heterocycles. The van der Waals surface area contributed by atoms with Crippen LogP contribution in [-0.4, -0.2) is 89.9 Å². The van der Waals surface area contributed by atoms with Crippen molar-refractivity contribution in [3.05, 3.63) is 54.1 Å². The van der Waals surface area contributed by atoms with Crippen LogP contribution in [0.2, 0.25) is 0 Å². The Morgan fingerprint density at radius 2 is 1.77 bits per heavy atom. The van der Waals surface area contributed by atoms with Gasteiger partial charge < -0.3 is 40.5 Å². The van der Waals surface area contributed by atoms with Crippen LogP contribution in [0.5, 0.6) is 5.75 Å². The summed E-state index contributed by atoms with van der Waals surface area (Å²) in [5, 5.41) is 34.2. The minimum absolute atomic E-state index is 0.353. The predicted molar refractivity (Wildman–Crippen MR) is 136 cm³/mol. The molecule has 1 unspecified atom stereocenters. The van der Waals surface area contributed by atoms with Crippen molar-refractivity contribution >= 4 is 23.4 Å². The van der Waals surface area contributed by atoms with Crippen molar-refractivity contribution in [3.63, 3.8) is 0 Å². The highest BCUT2D eigenvalue weighted by Crippen LogP contribution is 2.34. The molecule has 0 saturated carbocycles. The van der Waals surface area contributed by atoms with Gasteiger partial charge in [0.25, 0.3) is 0 Å². The van der Waals surface area contributed by atoms with Gasteiger partial charge in [-0.2, -0.15) is 0 Å². The molecule has 2 aromatic carbocycles. The van der Waals surface area contributed by atoms with Crippen LogP contribution in [0.15, 0.2) is 53.4 Å². The number of benzene rings is 2. The van der Waals surface area contributed by atoms with E-state index in [1.54, 1.807) is 6.92 Å². The van der Waals surface area contributed by atoms with E-state index >= 15 is 0 Å². The van der Waals surface area contributed by atoms with Gasteiger partial charge >= 0.3 is 5.97 Å². The van der Waals surface area contributed by atoms with Gasteiger partial charge in [0.1, 0.15) is 12.4 Å². The van der Waals surface area contributed by atoms with E-state index in [1.165, 1.54) is 10.6 Å². The number of hydrogen-bond donors (Lipinski definition) is 5. The van der Waals surface area contributed by atoms with E-state index in [1.807, 2.05) is 36.0 Å². The maximum absolute atomic E-state index is 11.2. The number of rotatable bonds is 12. The predicted octanol–water partition coefficient (Wildman–Crippen LogP) is 1.37. The van der Waals surface area contributed by atoms with Crippen LogP contribution in [0.25, 0.3) is 0 Å². The fourth-order valence-corrected chi connectivity index (χ4v) is 4.29. The van der Waals surface area contributed by atoms with Crippen molar-refractivity contribution in [3.8, 4) is 5.75 Å². The van der Waals surface area contributed by atoms with Crippen LogP contribution in [0.4, 0.5) is 5.69 Å². The topological polar surface area (TPSA) is 146 Å². The number of aliphatic hydroxyl groups excluding tert-OH is 3. The van der Waals surface area contributed by atoms with Crippen molar-refractivity contribution < 1.29 is 34.7 Å². The number of aliphatic hydroxyl groups is 3. The Hall–Kier alpha value is -2.34. The van der Waals surface area contributed by atoms with Crippen LogP contribution in [0.1, 0.15) is 12.5 Å². The second kappa shape index (κ2) is 14.9. The van der Waals surface area contributed by atoms with Crippen molar-refractivity contribution in [1.29, 1.82) is 0 Å². The third kappa shape index (κ3) is 9.32. The summed E-state index contributed by atoms with van der Waals surface area (Å²) in [4.78, 5) is 14.9. The Morgan fingerprint density at radius 1 is 1.11 bits per heavy atom. The molecule has 1 atom stereocenters. The summed E-state index contributed by atoms with van der Waals surface area (Å²) in [6.07, 6.45) is -0.454. The summed E-state index contributed by atoms with van der Waals surface area (Å²) in [6.45, 7) is 3.44. The molecule has 194 valence electrons. The van der Waals surface area contributed by atoms with Gasteiger partial charge in [0.05, 0.1) is 37.6 Å². The van der Waals surface area contributed by atoms with E-state index in [-0.39, 0.29) is 0 Å². The van der Waals surface area contributed by atoms with Gasteiger partial charge in [0.2, 0.25) is 0 Å². The monoisotopic (exact) mass is 508 g/mol. The zero-order valence-electron chi connectivity index (χ0n) is 20.0. The van der Waals surface area contributed by atoms with Gasteiger partial charge in [-0.3, -0.25) is 0 Å². The van der Waals surface area contributed by atoms with E-state index in [0.717, 1.165) is 30.2 Å². The van der Waals surface area contributed by atoms with Crippen LogP contribution in [0.3, 0.4) is 0 Å². The lowest BCUT2D eigenvalue weighted by atomic mass is 10.1. The van der Waals surface area contributed by atoms with E-state index in [9.17, 15) is 9.90 Å². The van der Waals surface area contributed by atoms with Crippen LogP contribution >= 0.6 is 11.8 Å². The lowest BCUT2D eigenvalue weighted by Gasteiger charge is -2.30. The number of nitrogens with zero attached hydrogens (tertiary/aromatic N) is 1. The molecule has 0 aliphatic carbocycles. The number of carboxylic acids is 1. The number of carbonyl (C=O) groups is 1. The molecule has 1 aliphatic rings. The molecule has 35 heavy (non-hydrogen) atoms. The van der Waals surface area contributed by atoms with E-state index in [4.69, 9.17) is 30.5 Å². The molecule has 0 bridgehead atoms. The first-order valence-corrected chi connectivity index (χ1v) is 12.5. The highest BCUT2D eigenvalue weighted by molar-refractivity contribution is 7.99. The van der Waals surface area contributed by atoms with E-state index < -0.39 is 37.4 Å². The number of hydrogen-bond acceptors (Lipinski definition) is 9. The fourth-order valence-electron chi connectivity index (χ4n) is 3.24. The SMILES string of the molecule is CCOC(Cc1ccc(OCCN2CCSc3ccccc32)cc1)C(=O)O.NC(CO)(CO)CO. The Kier molecular flexibility index (Phi) is 12.3. The fraction of sp³-hybridized carbons (Fsp3) is 0.480. The number of carboxylic acid groups (broad SMARTS) is 1.